The van der Waals surface area contributed by atoms with Gasteiger partial charge in [0.2, 0.25) is 0 Å². The Morgan fingerprint density at radius 2 is 1.92 bits per heavy atom. The molecule has 4 nitrogen and oxygen atoms in total. The van der Waals surface area contributed by atoms with Crippen molar-refractivity contribution in [3.8, 4) is 11.5 Å². The first kappa shape index (κ1) is 23.2. The van der Waals surface area contributed by atoms with Crippen molar-refractivity contribution < 1.29 is 14.2 Å². The summed E-state index contributed by atoms with van der Waals surface area (Å²) in [4.78, 5) is 2.93. The quantitative estimate of drug-likeness (QED) is 0.438. The number of benzene rings is 2. The average molecular weight is 518 g/mol. The highest BCUT2D eigenvalue weighted by atomic mass is 32.2. The zero-order chi connectivity index (χ0) is 24.8. The van der Waals surface area contributed by atoms with E-state index in [1.165, 1.54) is 68.3 Å². The van der Waals surface area contributed by atoms with Gasteiger partial charge in [0.15, 0.2) is 11.5 Å². The number of ether oxygens (including phenoxy) is 3. The van der Waals surface area contributed by atoms with Crippen LogP contribution in [-0.2, 0) is 22.3 Å². The maximum atomic E-state index is 7.17. The Morgan fingerprint density at radius 3 is 2.70 bits per heavy atom. The van der Waals surface area contributed by atoms with Crippen LogP contribution in [0.4, 0.5) is 0 Å². The summed E-state index contributed by atoms with van der Waals surface area (Å²) < 4.78 is 19.8. The van der Waals surface area contributed by atoms with Crippen molar-refractivity contribution >= 4 is 11.8 Å². The Bertz CT molecular complexity index is 1220. The molecule has 196 valence electrons. The molecule has 5 aliphatic carbocycles. The van der Waals surface area contributed by atoms with E-state index < -0.39 is 0 Å². The molecule has 1 unspecified atom stereocenters. The third-order valence-corrected chi connectivity index (χ3v) is 12.6. The third-order valence-electron chi connectivity index (χ3n) is 11.4. The average Bonchev–Trinajstić information content (AvgIpc) is 3.68. The number of nitrogens with zero attached hydrogens (tertiary/aromatic N) is 1. The predicted molar refractivity (Wildman–Crippen MR) is 148 cm³/mol. The number of methoxy groups -OCH3 is 2. The molecule has 0 radical (unpaired) electrons. The highest BCUT2D eigenvalue weighted by Gasteiger charge is 2.80. The Labute approximate surface area is 225 Å². The van der Waals surface area contributed by atoms with Gasteiger partial charge in [-0.1, -0.05) is 36.4 Å². The number of hydrogen-bond acceptors (Lipinski definition) is 5. The molecule has 1 saturated heterocycles. The van der Waals surface area contributed by atoms with Crippen LogP contribution in [0.25, 0.3) is 0 Å². The minimum Gasteiger partial charge on any atom is -0.493 e. The van der Waals surface area contributed by atoms with Gasteiger partial charge in [0.1, 0.15) is 11.7 Å². The molecule has 37 heavy (non-hydrogen) atoms. The fraction of sp³-hybridized carbons (Fsp3) is 0.625. The zero-order valence-corrected chi connectivity index (χ0v) is 23.0. The number of likely N-dealkylation sites (tertiary alicyclic amines) is 1. The molecule has 0 N–H and O–H groups in total. The molecule has 0 aromatic heterocycles. The van der Waals surface area contributed by atoms with Crippen LogP contribution in [0.2, 0.25) is 0 Å². The summed E-state index contributed by atoms with van der Waals surface area (Å²) in [6, 6.07) is 16.1. The van der Waals surface area contributed by atoms with E-state index in [2.05, 4.69) is 59.1 Å². The van der Waals surface area contributed by atoms with Crippen molar-refractivity contribution in [3.63, 3.8) is 0 Å². The van der Waals surface area contributed by atoms with E-state index in [-0.39, 0.29) is 22.5 Å². The molecule has 5 fully saturated rings. The largest absolute Gasteiger partial charge is 0.493 e. The van der Waals surface area contributed by atoms with Crippen molar-refractivity contribution in [2.75, 3.05) is 33.1 Å². The van der Waals surface area contributed by atoms with Crippen LogP contribution in [-0.4, -0.2) is 55.7 Å². The Kier molecular flexibility index (Phi) is 5.12. The Hall–Kier alpha value is -1.69. The van der Waals surface area contributed by atoms with E-state index in [1.54, 1.807) is 7.11 Å². The molecular formula is C32H39NO3S. The van der Waals surface area contributed by atoms with E-state index in [9.17, 15) is 0 Å². The smallest absolute Gasteiger partial charge is 0.165 e. The van der Waals surface area contributed by atoms with Crippen LogP contribution >= 0.6 is 11.8 Å². The van der Waals surface area contributed by atoms with Crippen molar-refractivity contribution in [1.29, 1.82) is 0 Å². The molecule has 4 bridgehead atoms. The second kappa shape index (κ2) is 8.16. The van der Waals surface area contributed by atoms with E-state index in [1.807, 2.05) is 7.11 Å². The maximum absolute atomic E-state index is 7.17. The molecule has 6 atom stereocenters. The van der Waals surface area contributed by atoms with Gasteiger partial charge in [0, 0.05) is 47.8 Å². The van der Waals surface area contributed by atoms with Gasteiger partial charge in [-0.05, 0) is 80.4 Å². The lowest BCUT2D eigenvalue weighted by atomic mass is 9.35. The summed E-state index contributed by atoms with van der Waals surface area (Å²) in [5, 5.41) is 0. The van der Waals surface area contributed by atoms with Crippen LogP contribution in [0.3, 0.4) is 0 Å². The van der Waals surface area contributed by atoms with Crippen LogP contribution in [0.5, 0.6) is 11.5 Å². The molecule has 2 spiro atoms. The van der Waals surface area contributed by atoms with Gasteiger partial charge in [-0.25, -0.2) is 0 Å². The summed E-state index contributed by atoms with van der Waals surface area (Å²) in [6.07, 6.45) is 8.96. The predicted octanol–water partition coefficient (Wildman–Crippen LogP) is 5.85. The standard InChI is InChI=1S/C32H39NO3S/c1-34-25-11-10-23-16-26-30-12-13-32(35-2,24(17-30)20-37-19-22-6-4-3-5-7-22)29-31(30,27(23)28(25)36-29)14-15-33(26)18-21-8-9-21/h3-7,10-11,21,24,26,29H,8-9,12-20H2,1-2H3/t24-,26?,29-,30-,31+,32-/m1/s1. The number of thioether (sulfide) groups is 1. The molecule has 2 aromatic carbocycles. The number of piperidine rings is 1. The minimum absolute atomic E-state index is 0.0596. The van der Waals surface area contributed by atoms with E-state index in [4.69, 9.17) is 14.2 Å². The summed E-state index contributed by atoms with van der Waals surface area (Å²) in [5.74, 6) is 5.59. The Morgan fingerprint density at radius 1 is 1.05 bits per heavy atom. The summed E-state index contributed by atoms with van der Waals surface area (Å²) in [5.41, 5.74) is 4.54. The first-order valence-electron chi connectivity index (χ1n) is 14.4. The monoisotopic (exact) mass is 517 g/mol. The van der Waals surface area contributed by atoms with Crippen LogP contribution in [0.15, 0.2) is 42.5 Å². The molecule has 2 aliphatic heterocycles. The molecule has 7 aliphatic rings. The van der Waals surface area contributed by atoms with E-state index in [0.29, 0.717) is 12.0 Å². The van der Waals surface area contributed by atoms with Gasteiger partial charge in [0.25, 0.3) is 0 Å². The molecule has 0 amide bonds. The molecule has 2 aromatic rings. The molecular weight excluding hydrogens is 478 g/mol. The van der Waals surface area contributed by atoms with Crippen LogP contribution in [0.1, 0.15) is 55.2 Å². The van der Waals surface area contributed by atoms with Crippen LogP contribution < -0.4 is 9.47 Å². The fourth-order valence-corrected chi connectivity index (χ4v) is 11.0. The van der Waals surface area contributed by atoms with Gasteiger partial charge in [-0.15, -0.1) is 0 Å². The minimum atomic E-state index is -0.229. The summed E-state index contributed by atoms with van der Waals surface area (Å²) in [7, 11) is 3.77. The topological polar surface area (TPSA) is 30.9 Å². The first-order valence-corrected chi connectivity index (χ1v) is 15.6. The van der Waals surface area contributed by atoms with Crippen molar-refractivity contribution in [1.82, 2.24) is 4.90 Å². The van der Waals surface area contributed by atoms with E-state index in [0.717, 1.165) is 35.3 Å². The summed E-state index contributed by atoms with van der Waals surface area (Å²) >= 11 is 2.09. The SMILES string of the molecule is COc1ccc2c3c1O[C@H]1[C@@]4(OC)CC[C@@]5(C[C@@H]4CSCc4ccccc4)C(C2)N(CC2CC2)CC[C@]315. The highest BCUT2D eigenvalue weighted by Crippen LogP contribution is 2.76. The summed E-state index contributed by atoms with van der Waals surface area (Å²) in [6.45, 7) is 2.50. The lowest BCUT2D eigenvalue weighted by Gasteiger charge is -2.74. The molecule has 4 saturated carbocycles. The number of fused-ring (bicyclic) bond motifs is 2. The van der Waals surface area contributed by atoms with Gasteiger partial charge >= 0.3 is 0 Å². The molecule has 9 rings (SSSR count). The lowest BCUT2D eigenvalue weighted by molar-refractivity contribution is -0.273. The third kappa shape index (κ3) is 2.94. The molecule has 2 heterocycles. The van der Waals surface area contributed by atoms with Crippen LogP contribution in [0, 0.1) is 17.3 Å². The Balaban J connectivity index is 1.22. The van der Waals surface area contributed by atoms with Crippen molar-refractivity contribution in [3.05, 3.63) is 59.2 Å². The fourth-order valence-electron chi connectivity index (χ4n) is 9.79. The zero-order valence-electron chi connectivity index (χ0n) is 22.2. The second-order valence-electron chi connectivity index (χ2n) is 12.7. The van der Waals surface area contributed by atoms with E-state index >= 15 is 0 Å². The van der Waals surface area contributed by atoms with Crippen molar-refractivity contribution in [2.45, 2.75) is 73.9 Å². The highest BCUT2D eigenvalue weighted by molar-refractivity contribution is 7.98. The second-order valence-corrected chi connectivity index (χ2v) is 13.8. The first-order chi connectivity index (χ1) is 18.1. The maximum Gasteiger partial charge on any atom is 0.165 e. The van der Waals surface area contributed by atoms with Gasteiger partial charge in [-0.3, -0.25) is 4.90 Å². The number of hydrogen-bond donors (Lipinski definition) is 0. The van der Waals surface area contributed by atoms with Gasteiger partial charge < -0.3 is 14.2 Å². The number of rotatable bonds is 8. The van der Waals surface area contributed by atoms with Crippen molar-refractivity contribution in [2.24, 2.45) is 17.3 Å². The normalized spacial score (nSPS) is 38.8. The lowest BCUT2D eigenvalue weighted by Crippen LogP contribution is -2.81. The molecule has 5 heteroatoms. The van der Waals surface area contributed by atoms with Gasteiger partial charge in [-0.2, -0.15) is 11.8 Å². The van der Waals surface area contributed by atoms with Gasteiger partial charge in [0.05, 0.1) is 7.11 Å².